The first-order valence-electron chi connectivity index (χ1n) is 5.51. The van der Waals surface area contributed by atoms with Gasteiger partial charge in [0.15, 0.2) is 0 Å². The maximum absolute atomic E-state index is 13.4. The molecule has 0 radical (unpaired) electrons. The van der Waals surface area contributed by atoms with Crippen molar-refractivity contribution in [1.82, 2.24) is 4.98 Å². The Balaban J connectivity index is 2.14. The van der Waals surface area contributed by atoms with Crippen LogP contribution in [0.5, 0.6) is 0 Å². The SMILES string of the molecule is Cc1ccc(C(O)Cc2ccccc2F)nc1. The summed E-state index contributed by atoms with van der Waals surface area (Å²) in [4.78, 5) is 4.13. The monoisotopic (exact) mass is 231 g/mol. The molecule has 0 aliphatic heterocycles. The van der Waals surface area contributed by atoms with Gasteiger partial charge in [0.05, 0.1) is 5.69 Å². The fourth-order valence-corrected chi connectivity index (χ4v) is 1.65. The van der Waals surface area contributed by atoms with Gasteiger partial charge in [0.25, 0.3) is 0 Å². The zero-order valence-corrected chi connectivity index (χ0v) is 9.60. The van der Waals surface area contributed by atoms with Crippen LogP contribution in [0.15, 0.2) is 42.6 Å². The van der Waals surface area contributed by atoms with Crippen LogP contribution in [-0.4, -0.2) is 10.1 Å². The number of aliphatic hydroxyl groups is 1. The van der Waals surface area contributed by atoms with E-state index < -0.39 is 6.10 Å². The lowest BCUT2D eigenvalue weighted by molar-refractivity contribution is 0.172. The van der Waals surface area contributed by atoms with E-state index in [1.54, 1.807) is 30.5 Å². The van der Waals surface area contributed by atoms with Crippen molar-refractivity contribution in [3.05, 3.63) is 65.2 Å². The molecule has 3 heteroatoms. The summed E-state index contributed by atoms with van der Waals surface area (Å²) in [6.07, 6.45) is 1.16. The minimum absolute atomic E-state index is 0.239. The fourth-order valence-electron chi connectivity index (χ4n) is 1.65. The number of aromatic nitrogens is 1. The van der Waals surface area contributed by atoms with Gasteiger partial charge in [-0.25, -0.2) is 4.39 Å². The van der Waals surface area contributed by atoms with Gasteiger partial charge in [-0.05, 0) is 30.2 Å². The molecule has 1 atom stereocenters. The second-order valence-corrected chi connectivity index (χ2v) is 4.07. The van der Waals surface area contributed by atoms with Crippen LogP contribution >= 0.6 is 0 Å². The van der Waals surface area contributed by atoms with Crippen LogP contribution in [0.1, 0.15) is 22.9 Å². The Labute approximate surface area is 99.8 Å². The Bertz CT molecular complexity index is 496. The summed E-state index contributed by atoms with van der Waals surface area (Å²) < 4.78 is 13.4. The summed E-state index contributed by atoms with van der Waals surface area (Å²) in [7, 11) is 0. The van der Waals surface area contributed by atoms with Crippen LogP contribution in [0, 0.1) is 12.7 Å². The molecule has 2 rings (SSSR count). The molecule has 0 spiro atoms. The number of aryl methyl sites for hydroxylation is 1. The molecule has 2 nitrogen and oxygen atoms in total. The molecule has 1 heterocycles. The van der Waals surface area contributed by atoms with E-state index in [-0.39, 0.29) is 12.2 Å². The number of hydrogen-bond acceptors (Lipinski definition) is 2. The van der Waals surface area contributed by atoms with E-state index in [0.29, 0.717) is 11.3 Å². The van der Waals surface area contributed by atoms with Crippen LogP contribution in [0.2, 0.25) is 0 Å². The Hall–Kier alpha value is -1.74. The van der Waals surface area contributed by atoms with Gasteiger partial charge in [0.2, 0.25) is 0 Å². The Morgan fingerprint density at radius 1 is 1.24 bits per heavy atom. The van der Waals surface area contributed by atoms with Crippen LogP contribution in [0.25, 0.3) is 0 Å². The Morgan fingerprint density at radius 2 is 2.00 bits per heavy atom. The van der Waals surface area contributed by atoms with Gasteiger partial charge in [-0.2, -0.15) is 0 Å². The smallest absolute Gasteiger partial charge is 0.126 e. The number of pyridine rings is 1. The van der Waals surface area contributed by atoms with Crippen LogP contribution in [0.4, 0.5) is 4.39 Å². The first kappa shape index (κ1) is 11.7. The van der Waals surface area contributed by atoms with Gasteiger partial charge in [0.1, 0.15) is 11.9 Å². The highest BCUT2D eigenvalue weighted by molar-refractivity contribution is 5.21. The van der Waals surface area contributed by atoms with E-state index in [4.69, 9.17) is 0 Å². The van der Waals surface area contributed by atoms with Crippen LogP contribution in [-0.2, 0) is 6.42 Å². The number of benzene rings is 1. The molecule has 0 fully saturated rings. The van der Waals surface area contributed by atoms with E-state index in [1.165, 1.54) is 6.07 Å². The van der Waals surface area contributed by atoms with Crippen molar-refractivity contribution in [2.24, 2.45) is 0 Å². The molecule has 0 amide bonds. The van der Waals surface area contributed by atoms with Gasteiger partial charge >= 0.3 is 0 Å². The summed E-state index contributed by atoms with van der Waals surface area (Å²) in [5.74, 6) is -0.293. The minimum Gasteiger partial charge on any atom is -0.386 e. The molecule has 88 valence electrons. The second kappa shape index (κ2) is 5.06. The van der Waals surface area contributed by atoms with Crippen molar-refractivity contribution >= 4 is 0 Å². The predicted molar refractivity (Wildman–Crippen MR) is 64.0 cm³/mol. The maximum atomic E-state index is 13.4. The van der Waals surface area contributed by atoms with Crippen LogP contribution < -0.4 is 0 Å². The maximum Gasteiger partial charge on any atom is 0.126 e. The van der Waals surface area contributed by atoms with E-state index >= 15 is 0 Å². The third-order valence-corrected chi connectivity index (χ3v) is 2.65. The Morgan fingerprint density at radius 3 is 2.65 bits per heavy atom. The highest BCUT2D eigenvalue weighted by Gasteiger charge is 2.12. The molecule has 1 N–H and O–H groups in total. The lowest BCUT2D eigenvalue weighted by Crippen LogP contribution is -2.05. The number of halogens is 1. The number of aliphatic hydroxyl groups excluding tert-OH is 1. The average Bonchev–Trinajstić information content (AvgIpc) is 2.33. The lowest BCUT2D eigenvalue weighted by Gasteiger charge is -2.10. The molecule has 0 aliphatic rings. The van der Waals surface area contributed by atoms with Crippen molar-refractivity contribution in [1.29, 1.82) is 0 Å². The van der Waals surface area contributed by atoms with Crippen molar-refractivity contribution in [2.45, 2.75) is 19.4 Å². The van der Waals surface area contributed by atoms with Gasteiger partial charge < -0.3 is 5.11 Å². The summed E-state index contributed by atoms with van der Waals surface area (Å²) in [5.41, 5.74) is 2.10. The topological polar surface area (TPSA) is 33.1 Å². The highest BCUT2D eigenvalue weighted by Crippen LogP contribution is 2.18. The summed E-state index contributed by atoms with van der Waals surface area (Å²) >= 11 is 0. The summed E-state index contributed by atoms with van der Waals surface area (Å²) in [6.45, 7) is 1.93. The summed E-state index contributed by atoms with van der Waals surface area (Å²) in [5, 5.41) is 9.96. The normalized spacial score (nSPS) is 12.4. The van der Waals surface area contributed by atoms with Gasteiger partial charge in [-0.15, -0.1) is 0 Å². The molecule has 1 unspecified atom stereocenters. The molecule has 0 bridgehead atoms. The largest absolute Gasteiger partial charge is 0.386 e. The van der Waals surface area contributed by atoms with Crippen molar-refractivity contribution in [3.63, 3.8) is 0 Å². The van der Waals surface area contributed by atoms with E-state index in [9.17, 15) is 9.50 Å². The molecule has 2 aromatic rings. The molecule has 1 aromatic heterocycles. The van der Waals surface area contributed by atoms with Gasteiger partial charge in [0, 0.05) is 12.6 Å². The summed E-state index contributed by atoms with van der Waals surface area (Å²) in [6, 6.07) is 10.1. The molecule has 0 aliphatic carbocycles. The lowest BCUT2D eigenvalue weighted by atomic mass is 10.0. The van der Waals surface area contributed by atoms with Crippen LogP contribution in [0.3, 0.4) is 0 Å². The zero-order valence-electron chi connectivity index (χ0n) is 9.60. The number of hydrogen-bond donors (Lipinski definition) is 1. The molecule has 0 saturated carbocycles. The van der Waals surface area contributed by atoms with E-state index in [0.717, 1.165) is 5.56 Å². The molecular weight excluding hydrogens is 217 g/mol. The first-order chi connectivity index (χ1) is 8.16. The Kier molecular flexibility index (Phi) is 3.49. The van der Waals surface area contributed by atoms with E-state index in [2.05, 4.69) is 4.98 Å². The van der Waals surface area contributed by atoms with Crippen molar-refractivity contribution in [3.8, 4) is 0 Å². The van der Waals surface area contributed by atoms with Crippen molar-refractivity contribution < 1.29 is 9.50 Å². The molecule has 1 aromatic carbocycles. The van der Waals surface area contributed by atoms with Gasteiger partial charge in [-0.1, -0.05) is 24.3 Å². The minimum atomic E-state index is -0.771. The average molecular weight is 231 g/mol. The first-order valence-corrected chi connectivity index (χ1v) is 5.51. The molecule has 17 heavy (non-hydrogen) atoms. The van der Waals surface area contributed by atoms with Gasteiger partial charge in [-0.3, -0.25) is 4.98 Å². The second-order valence-electron chi connectivity index (χ2n) is 4.07. The third-order valence-electron chi connectivity index (χ3n) is 2.65. The highest BCUT2D eigenvalue weighted by atomic mass is 19.1. The number of rotatable bonds is 3. The van der Waals surface area contributed by atoms with Crippen molar-refractivity contribution in [2.75, 3.05) is 0 Å². The molecule has 0 saturated heterocycles. The number of nitrogens with zero attached hydrogens (tertiary/aromatic N) is 1. The van der Waals surface area contributed by atoms with E-state index in [1.807, 2.05) is 13.0 Å². The predicted octanol–water partition coefficient (Wildman–Crippen LogP) is 2.81. The fraction of sp³-hybridized carbons (Fsp3) is 0.214. The standard InChI is InChI=1S/C14H14FNO/c1-10-6-7-13(16-9-10)14(17)8-11-4-2-3-5-12(11)15/h2-7,9,14,17H,8H2,1H3. The zero-order chi connectivity index (χ0) is 12.3. The third kappa shape index (κ3) is 2.88. The quantitative estimate of drug-likeness (QED) is 0.881. The molecular formula is C14H14FNO.